The van der Waals surface area contributed by atoms with Crippen LogP contribution in [-0.2, 0) is 0 Å². The zero-order chi connectivity index (χ0) is 36.7. The largest absolute Gasteiger partial charge is 0.309 e. The van der Waals surface area contributed by atoms with E-state index in [2.05, 4.69) is 137 Å². The molecule has 0 N–H and O–H groups in total. The summed E-state index contributed by atoms with van der Waals surface area (Å²) in [5, 5.41) is 12.3. The molecule has 9 aromatic carbocycles. The molecule has 0 bridgehead atoms. The summed E-state index contributed by atoms with van der Waals surface area (Å²) in [5.41, 5.74) is 7.41. The first-order valence-corrected chi connectivity index (χ1v) is 19.0. The number of nitrogens with zero attached hydrogens (tertiary/aromatic N) is 5. The van der Waals surface area contributed by atoms with Crippen molar-refractivity contribution in [3.63, 3.8) is 0 Å². The van der Waals surface area contributed by atoms with Crippen LogP contribution in [0.2, 0.25) is 0 Å². The number of aromatic nitrogens is 5. The zero-order valence-electron chi connectivity index (χ0n) is 30.1. The Morgan fingerprint density at radius 1 is 0.286 bits per heavy atom. The average Bonchev–Trinajstić information content (AvgIpc) is 3.78. The molecule has 12 rings (SSSR count). The quantitative estimate of drug-likeness (QED) is 0.171. The van der Waals surface area contributed by atoms with Crippen LogP contribution < -0.4 is 0 Å². The van der Waals surface area contributed by atoms with Crippen LogP contribution >= 0.6 is 0 Å². The van der Waals surface area contributed by atoms with Gasteiger partial charge in [-0.05, 0) is 74.8 Å². The maximum Gasteiger partial charge on any atom is 0.238 e. The number of rotatable bonds is 4. The molecule has 260 valence electrons. The van der Waals surface area contributed by atoms with Crippen LogP contribution in [0, 0.1) is 0 Å². The first kappa shape index (κ1) is 30.8. The minimum atomic E-state index is 0.583. The predicted octanol–water partition coefficient (Wildman–Crippen LogP) is 12.9. The minimum absolute atomic E-state index is 0.583. The van der Waals surface area contributed by atoms with Gasteiger partial charge in [0.2, 0.25) is 5.95 Å². The third kappa shape index (κ3) is 4.58. The van der Waals surface area contributed by atoms with E-state index in [-0.39, 0.29) is 0 Å². The van der Waals surface area contributed by atoms with Gasteiger partial charge in [0, 0.05) is 38.4 Å². The van der Waals surface area contributed by atoms with E-state index in [9.17, 15) is 0 Å². The Labute approximate surface area is 321 Å². The van der Waals surface area contributed by atoms with E-state index >= 15 is 0 Å². The molecule has 0 atom stereocenters. The Bertz CT molecular complexity index is 3470. The Morgan fingerprint density at radius 3 is 1.52 bits per heavy atom. The van der Waals surface area contributed by atoms with E-state index in [4.69, 9.17) is 15.0 Å². The van der Waals surface area contributed by atoms with E-state index in [1.807, 2.05) is 60.7 Å². The van der Waals surface area contributed by atoms with Gasteiger partial charge in [0.05, 0.1) is 22.1 Å². The van der Waals surface area contributed by atoms with E-state index < -0.39 is 0 Å². The molecular formula is C51H31N5. The fraction of sp³-hybridized carbons (Fsp3) is 0. The molecule has 0 aliphatic rings. The summed E-state index contributed by atoms with van der Waals surface area (Å²) in [6.45, 7) is 0. The highest BCUT2D eigenvalue weighted by molar-refractivity contribution is 6.22. The molecule has 0 aliphatic heterocycles. The van der Waals surface area contributed by atoms with Crippen LogP contribution in [0.3, 0.4) is 0 Å². The number of hydrogen-bond acceptors (Lipinski definition) is 3. The fourth-order valence-corrected chi connectivity index (χ4v) is 8.78. The van der Waals surface area contributed by atoms with Crippen molar-refractivity contribution in [2.45, 2.75) is 0 Å². The summed E-state index contributed by atoms with van der Waals surface area (Å²) < 4.78 is 4.60. The van der Waals surface area contributed by atoms with Crippen molar-refractivity contribution in [1.29, 1.82) is 0 Å². The SMILES string of the molecule is c1ccc(-c2nc(-c3ccccc3)nc(-n3c4ccccc4c4cc(-n5c6ccccc6c6cc7c(ccc8c9ccccc9ccc78)cc65)ccc43)n2)cc1. The lowest BCUT2D eigenvalue weighted by atomic mass is 9.96. The predicted molar refractivity (Wildman–Crippen MR) is 232 cm³/mol. The minimum Gasteiger partial charge on any atom is -0.309 e. The Balaban J connectivity index is 1.10. The molecular weight excluding hydrogens is 683 g/mol. The summed E-state index contributed by atoms with van der Waals surface area (Å²) >= 11 is 0. The topological polar surface area (TPSA) is 48.5 Å². The van der Waals surface area contributed by atoms with Gasteiger partial charge in [-0.15, -0.1) is 0 Å². The van der Waals surface area contributed by atoms with E-state index in [1.165, 1.54) is 54.1 Å². The fourth-order valence-electron chi connectivity index (χ4n) is 8.78. The van der Waals surface area contributed by atoms with Gasteiger partial charge in [-0.3, -0.25) is 4.57 Å². The third-order valence-electron chi connectivity index (χ3n) is 11.3. The monoisotopic (exact) mass is 713 g/mol. The van der Waals surface area contributed by atoms with Gasteiger partial charge in [-0.2, -0.15) is 9.97 Å². The molecule has 0 fully saturated rings. The molecule has 0 saturated heterocycles. The molecule has 0 saturated carbocycles. The summed E-state index contributed by atoms with van der Waals surface area (Å²) in [5.74, 6) is 1.85. The van der Waals surface area contributed by atoms with Gasteiger partial charge in [-0.25, -0.2) is 4.98 Å². The van der Waals surface area contributed by atoms with Crippen LogP contribution in [0.25, 0.3) is 110 Å². The van der Waals surface area contributed by atoms with Crippen molar-refractivity contribution in [3.05, 3.63) is 188 Å². The normalized spacial score (nSPS) is 11.9. The second kappa shape index (κ2) is 11.9. The molecule has 0 unspecified atom stereocenters. The van der Waals surface area contributed by atoms with Gasteiger partial charge in [0.25, 0.3) is 0 Å². The van der Waals surface area contributed by atoms with Gasteiger partial charge < -0.3 is 4.57 Å². The van der Waals surface area contributed by atoms with Crippen LogP contribution in [0.15, 0.2) is 188 Å². The van der Waals surface area contributed by atoms with Crippen LogP contribution in [0.5, 0.6) is 0 Å². The molecule has 56 heavy (non-hydrogen) atoms. The second-order valence-corrected chi connectivity index (χ2v) is 14.5. The lowest BCUT2D eigenvalue weighted by Crippen LogP contribution is -2.06. The van der Waals surface area contributed by atoms with E-state index in [0.29, 0.717) is 17.6 Å². The molecule has 0 spiro atoms. The highest BCUT2D eigenvalue weighted by atomic mass is 15.2. The summed E-state index contributed by atoms with van der Waals surface area (Å²) in [4.78, 5) is 15.2. The summed E-state index contributed by atoms with van der Waals surface area (Å²) in [7, 11) is 0. The van der Waals surface area contributed by atoms with Crippen molar-refractivity contribution >= 4 is 75.9 Å². The van der Waals surface area contributed by atoms with Crippen LogP contribution in [0.4, 0.5) is 0 Å². The Kier molecular flexibility index (Phi) is 6.56. The lowest BCUT2D eigenvalue weighted by molar-refractivity contribution is 0.953. The molecule has 0 amide bonds. The number of benzene rings is 9. The highest BCUT2D eigenvalue weighted by Crippen LogP contribution is 2.40. The Morgan fingerprint density at radius 2 is 0.821 bits per heavy atom. The smallest absolute Gasteiger partial charge is 0.238 e. The van der Waals surface area contributed by atoms with Crippen molar-refractivity contribution in [2.24, 2.45) is 0 Å². The average molecular weight is 714 g/mol. The Hall–Kier alpha value is -7.63. The standard InChI is InChI=1S/C51H31N5/c1-3-14-33(15-4-1)49-52-50(34-16-5-2-6-17-34)54-51(53-49)56-46-22-12-10-19-40(46)43-30-36(25-28-47(43)56)55-45-21-11-9-20-41(45)44-31-42-35(29-48(44)55)24-27-38-37-18-8-7-13-32(37)23-26-39(38)42/h1-31H. The van der Waals surface area contributed by atoms with Crippen LogP contribution in [-0.4, -0.2) is 24.1 Å². The molecule has 0 radical (unpaired) electrons. The number of para-hydroxylation sites is 2. The molecule has 3 aromatic heterocycles. The molecule has 5 nitrogen and oxygen atoms in total. The maximum atomic E-state index is 5.13. The molecule has 0 aliphatic carbocycles. The first-order chi connectivity index (χ1) is 27.8. The van der Waals surface area contributed by atoms with Gasteiger partial charge in [0.1, 0.15) is 0 Å². The highest BCUT2D eigenvalue weighted by Gasteiger charge is 2.20. The van der Waals surface area contributed by atoms with E-state index in [0.717, 1.165) is 38.6 Å². The summed E-state index contributed by atoms with van der Waals surface area (Å²) in [6, 6.07) is 66.9. The number of fused-ring (bicyclic) bond motifs is 11. The zero-order valence-corrected chi connectivity index (χ0v) is 30.1. The number of hydrogen-bond donors (Lipinski definition) is 0. The summed E-state index contributed by atoms with van der Waals surface area (Å²) in [6.07, 6.45) is 0. The van der Waals surface area contributed by atoms with Crippen molar-refractivity contribution in [1.82, 2.24) is 24.1 Å². The van der Waals surface area contributed by atoms with Gasteiger partial charge in [0.15, 0.2) is 11.6 Å². The van der Waals surface area contributed by atoms with Crippen molar-refractivity contribution in [3.8, 4) is 34.4 Å². The second-order valence-electron chi connectivity index (χ2n) is 14.5. The maximum absolute atomic E-state index is 5.13. The molecule has 12 aromatic rings. The van der Waals surface area contributed by atoms with Crippen LogP contribution in [0.1, 0.15) is 0 Å². The van der Waals surface area contributed by atoms with Crippen molar-refractivity contribution < 1.29 is 0 Å². The lowest BCUT2D eigenvalue weighted by Gasteiger charge is -2.12. The molecule has 5 heteroatoms. The third-order valence-corrected chi connectivity index (χ3v) is 11.3. The first-order valence-electron chi connectivity index (χ1n) is 19.0. The van der Waals surface area contributed by atoms with Gasteiger partial charge >= 0.3 is 0 Å². The van der Waals surface area contributed by atoms with Crippen molar-refractivity contribution in [2.75, 3.05) is 0 Å². The molecule has 3 heterocycles. The van der Waals surface area contributed by atoms with Gasteiger partial charge in [-0.1, -0.05) is 146 Å². The van der Waals surface area contributed by atoms with E-state index in [1.54, 1.807) is 0 Å².